The Bertz CT molecular complexity index is 319. The lowest BCUT2D eigenvalue weighted by atomic mass is 10.2. The summed E-state index contributed by atoms with van der Waals surface area (Å²) < 4.78 is 37.7. The third kappa shape index (κ3) is 2.34. The van der Waals surface area contributed by atoms with E-state index in [2.05, 4.69) is 20.9 Å². The van der Waals surface area contributed by atoms with E-state index in [0.717, 1.165) is 6.20 Å². The number of hydrogen-bond acceptors (Lipinski definition) is 1. The lowest BCUT2D eigenvalue weighted by Crippen LogP contribution is -2.01. The summed E-state index contributed by atoms with van der Waals surface area (Å²) in [5, 5.41) is 0.176. The second kappa shape index (κ2) is 4.59. The number of aromatic nitrogens is 1. The molecule has 0 aliphatic rings. The van der Waals surface area contributed by atoms with Crippen LogP contribution in [0.5, 0.6) is 0 Å². The minimum atomic E-state index is -2.67. The molecule has 0 aliphatic heterocycles. The molecule has 0 bridgehead atoms. The van der Waals surface area contributed by atoms with E-state index in [1.165, 1.54) is 0 Å². The molecule has 0 spiro atoms. The van der Waals surface area contributed by atoms with Gasteiger partial charge in [0.2, 0.25) is 0 Å². The van der Waals surface area contributed by atoms with Gasteiger partial charge < -0.3 is 0 Å². The molecular weight excluding hydrogens is 362 g/mol. The maximum Gasteiger partial charge on any atom is 0.280 e. The van der Waals surface area contributed by atoms with Gasteiger partial charge in [0.15, 0.2) is 5.82 Å². The molecule has 72 valence electrons. The molecule has 6 heteroatoms. The number of hydrogen-bond donors (Lipinski definition) is 0. The largest absolute Gasteiger partial charge is 0.280 e. The Balaban J connectivity index is 3.30. The third-order valence-corrected chi connectivity index (χ3v) is 3.17. The van der Waals surface area contributed by atoms with Crippen LogP contribution in [0, 0.1) is 9.39 Å². The highest BCUT2D eigenvalue weighted by Crippen LogP contribution is 2.27. The molecule has 0 atom stereocenters. The smallest absolute Gasteiger partial charge is 0.252 e. The van der Waals surface area contributed by atoms with Crippen LogP contribution in [0.25, 0.3) is 0 Å². The zero-order valence-corrected chi connectivity index (χ0v) is 9.94. The minimum absolute atomic E-state index is 0.176. The Kier molecular flexibility index (Phi) is 3.96. The van der Waals surface area contributed by atoms with E-state index in [0.29, 0.717) is 0 Å². The standard InChI is InChI=1S/C7H4BrF3IN/c8-1-3-5(12)4(9)2-13-6(3)7(10)11/h2,7H,1H2. The van der Waals surface area contributed by atoms with Gasteiger partial charge in [-0.3, -0.25) is 4.98 Å². The topological polar surface area (TPSA) is 12.9 Å². The summed E-state index contributed by atoms with van der Waals surface area (Å²) in [4.78, 5) is 3.35. The highest BCUT2D eigenvalue weighted by atomic mass is 127. The molecule has 0 N–H and O–H groups in total. The minimum Gasteiger partial charge on any atom is -0.252 e. The summed E-state index contributed by atoms with van der Waals surface area (Å²) in [6, 6.07) is 0. The van der Waals surface area contributed by atoms with Crippen molar-refractivity contribution in [2.75, 3.05) is 0 Å². The SMILES string of the molecule is Fc1cnc(C(F)F)c(CBr)c1I. The van der Waals surface area contributed by atoms with E-state index in [-0.39, 0.29) is 20.2 Å². The van der Waals surface area contributed by atoms with Crippen molar-refractivity contribution in [3.8, 4) is 0 Å². The first-order valence-corrected chi connectivity index (χ1v) is 5.44. The molecule has 0 fully saturated rings. The van der Waals surface area contributed by atoms with Crippen LogP contribution in [0.1, 0.15) is 17.7 Å². The molecule has 1 heterocycles. The van der Waals surface area contributed by atoms with Crippen molar-refractivity contribution in [1.82, 2.24) is 4.98 Å². The van der Waals surface area contributed by atoms with Crippen LogP contribution < -0.4 is 0 Å². The number of nitrogens with zero attached hydrogens (tertiary/aromatic N) is 1. The molecule has 1 aromatic rings. The first-order valence-electron chi connectivity index (χ1n) is 3.24. The maximum absolute atomic E-state index is 12.9. The van der Waals surface area contributed by atoms with Crippen LogP contribution in [0.15, 0.2) is 6.20 Å². The predicted octanol–water partition coefficient (Wildman–Crippen LogP) is 3.66. The first-order chi connectivity index (χ1) is 6.07. The van der Waals surface area contributed by atoms with Crippen LogP contribution in [0.2, 0.25) is 0 Å². The van der Waals surface area contributed by atoms with Crippen LogP contribution >= 0.6 is 38.5 Å². The van der Waals surface area contributed by atoms with Crippen molar-refractivity contribution >= 4 is 38.5 Å². The molecule has 0 saturated heterocycles. The van der Waals surface area contributed by atoms with E-state index < -0.39 is 12.2 Å². The van der Waals surface area contributed by atoms with Crippen molar-refractivity contribution in [1.29, 1.82) is 0 Å². The molecule has 13 heavy (non-hydrogen) atoms. The van der Waals surface area contributed by atoms with Crippen molar-refractivity contribution in [2.24, 2.45) is 0 Å². The third-order valence-electron chi connectivity index (χ3n) is 1.44. The molecule has 1 rings (SSSR count). The fraction of sp³-hybridized carbons (Fsp3) is 0.286. The number of rotatable bonds is 2. The van der Waals surface area contributed by atoms with Crippen molar-refractivity contribution < 1.29 is 13.2 Å². The Morgan fingerprint density at radius 1 is 1.54 bits per heavy atom. The van der Waals surface area contributed by atoms with Crippen LogP contribution in [-0.4, -0.2) is 4.98 Å². The molecule has 1 nitrogen and oxygen atoms in total. The monoisotopic (exact) mass is 365 g/mol. The summed E-state index contributed by atoms with van der Waals surface area (Å²) in [6.07, 6.45) is -1.85. The lowest BCUT2D eigenvalue weighted by molar-refractivity contribution is 0.145. The summed E-state index contributed by atoms with van der Waals surface area (Å²) in [5.74, 6) is -0.570. The van der Waals surface area contributed by atoms with Crippen molar-refractivity contribution in [3.63, 3.8) is 0 Å². The highest BCUT2D eigenvalue weighted by Gasteiger charge is 2.18. The van der Waals surface area contributed by atoms with Gasteiger partial charge in [-0.25, -0.2) is 13.2 Å². The molecule has 0 aromatic carbocycles. The number of halogens is 5. The molecule has 0 amide bonds. The fourth-order valence-corrected chi connectivity index (χ4v) is 2.53. The average molecular weight is 366 g/mol. The van der Waals surface area contributed by atoms with Crippen LogP contribution in [-0.2, 0) is 5.33 Å². The normalized spacial score (nSPS) is 10.9. The Morgan fingerprint density at radius 2 is 2.15 bits per heavy atom. The molecule has 0 aliphatic carbocycles. The van der Waals surface area contributed by atoms with Gasteiger partial charge in [-0.15, -0.1) is 0 Å². The van der Waals surface area contributed by atoms with Gasteiger partial charge in [-0.05, 0) is 22.6 Å². The molecule has 0 unspecified atom stereocenters. The van der Waals surface area contributed by atoms with E-state index in [9.17, 15) is 13.2 Å². The number of pyridine rings is 1. The van der Waals surface area contributed by atoms with Gasteiger partial charge in [0.05, 0.1) is 9.77 Å². The first kappa shape index (κ1) is 11.2. The van der Waals surface area contributed by atoms with Gasteiger partial charge in [0, 0.05) is 10.9 Å². The van der Waals surface area contributed by atoms with Gasteiger partial charge in [0.1, 0.15) is 5.69 Å². The Labute approximate surface area is 95.0 Å². The predicted molar refractivity (Wildman–Crippen MR) is 54.5 cm³/mol. The van der Waals surface area contributed by atoms with E-state index in [1.807, 2.05) is 0 Å². The maximum atomic E-state index is 12.9. The molecule has 0 saturated carbocycles. The van der Waals surface area contributed by atoms with E-state index in [1.54, 1.807) is 22.6 Å². The van der Waals surface area contributed by atoms with E-state index >= 15 is 0 Å². The van der Waals surface area contributed by atoms with E-state index in [4.69, 9.17) is 0 Å². The molecule has 0 radical (unpaired) electrons. The van der Waals surface area contributed by atoms with Crippen molar-refractivity contribution in [2.45, 2.75) is 11.8 Å². The average Bonchev–Trinajstić information content (AvgIpc) is 2.09. The molecular formula is C7H4BrF3IN. The van der Waals surface area contributed by atoms with Gasteiger partial charge in [-0.2, -0.15) is 0 Å². The lowest BCUT2D eigenvalue weighted by Gasteiger charge is -2.07. The second-order valence-electron chi connectivity index (χ2n) is 2.22. The second-order valence-corrected chi connectivity index (χ2v) is 3.86. The zero-order chi connectivity index (χ0) is 10.0. The quantitative estimate of drug-likeness (QED) is 0.575. The summed E-state index contributed by atoms with van der Waals surface area (Å²) in [7, 11) is 0. The highest BCUT2D eigenvalue weighted by molar-refractivity contribution is 14.1. The summed E-state index contributed by atoms with van der Waals surface area (Å²) in [5.41, 5.74) is -0.140. The number of alkyl halides is 3. The van der Waals surface area contributed by atoms with Crippen LogP contribution in [0.4, 0.5) is 13.2 Å². The summed E-state index contributed by atoms with van der Waals surface area (Å²) in [6.45, 7) is 0. The van der Waals surface area contributed by atoms with Gasteiger partial charge in [0.25, 0.3) is 6.43 Å². The Hall–Kier alpha value is 0.150. The van der Waals surface area contributed by atoms with Crippen molar-refractivity contribution in [3.05, 3.63) is 26.8 Å². The molecule has 1 aromatic heterocycles. The van der Waals surface area contributed by atoms with Gasteiger partial charge >= 0.3 is 0 Å². The zero-order valence-electron chi connectivity index (χ0n) is 6.20. The fourth-order valence-electron chi connectivity index (χ4n) is 0.833. The Morgan fingerprint density at radius 3 is 2.62 bits per heavy atom. The van der Waals surface area contributed by atoms with Crippen LogP contribution in [0.3, 0.4) is 0 Å². The summed E-state index contributed by atoms with van der Waals surface area (Å²) >= 11 is 4.70. The van der Waals surface area contributed by atoms with Gasteiger partial charge in [-0.1, -0.05) is 15.9 Å².